The lowest BCUT2D eigenvalue weighted by molar-refractivity contribution is -0.383. The average Bonchev–Trinajstić information content (AvgIpc) is 3.01. The Kier molecular flexibility index (Phi) is 4.49. The molecule has 1 heterocycles. The number of nitro benzene ring substituents is 1. The predicted octanol–water partition coefficient (Wildman–Crippen LogP) is 4.25. The van der Waals surface area contributed by atoms with E-state index in [1.165, 1.54) is 6.07 Å². The first-order valence-electron chi connectivity index (χ1n) is 7.32. The number of carbonyl (C=O) groups excluding carboxylic acids is 1. The molecule has 2 N–H and O–H groups in total. The van der Waals surface area contributed by atoms with E-state index < -0.39 is 4.92 Å². The minimum Gasteiger partial charge on any atom is -0.350 e. The number of nitro groups is 1. The Labute approximate surface area is 147 Å². The van der Waals surface area contributed by atoms with E-state index >= 15 is 0 Å². The Hall–Kier alpha value is -3.19. The maximum atomic E-state index is 12.4. The van der Waals surface area contributed by atoms with E-state index in [1.54, 1.807) is 49.5 Å². The number of aromatic amines is 1. The number of nitrogens with one attached hydrogen (secondary N) is 2. The van der Waals surface area contributed by atoms with Crippen LogP contribution in [-0.2, 0) is 0 Å². The number of aryl methyl sites for hydroxylation is 1. The second-order valence-electron chi connectivity index (χ2n) is 5.34. The number of hydrogen-bond donors (Lipinski definition) is 2. The number of H-pyrrole nitrogens is 1. The van der Waals surface area contributed by atoms with Crippen LogP contribution in [0.15, 0.2) is 48.7 Å². The van der Waals surface area contributed by atoms with Crippen LogP contribution in [0.1, 0.15) is 21.9 Å². The van der Waals surface area contributed by atoms with E-state index in [9.17, 15) is 14.9 Å². The highest BCUT2D eigenvalue weighted by Crippen LogP contribution is 2.29. The van der Waals surface area contributed by atoms with Crippen LogP contribution in [0.4, 0.5) is 17.1 Å². The summed E-state index contributed by atoms with van der Waals surface area (Å²) in [7, 11) is 0. The summed E-state index contributed by atoms with van der Waals surface area (Å²) in [4.78, 5) is 29.9. The van der Waals surface area contributed by atoms with Crippen molar-refractivity contribution in [1.82, 2.24) is 9.97 Å². The standard InChI is InChI=1S/C17H13ClN4O3/c1-10-9-19-17(20-10)16(23)12-7-6-11(8-13(12)18)21-14-4-2-3-5-15(14)22(24)25/h2-9,21H,1H3,(H,19,20). The first kappa shape index (κ1) is 16.7. The molecule has 0 aliphatic rings. The van der Waals surface area contributed by atoms with E-state index in [2.05, 4.69) is 15.3 Å². The van der Waals surface area contributed by atoms with E-state index in [0.717, 1.165) is 5.69 Å². The molecule has 0 saturated heterocycles. The fraction of sp³-hybridized carbons (Fsp3) is 0.0588. The molecule has 3 aromatic rings. The number of nitrogens with zero attached hydrogens (tertiary/aromatic N) is 2. The Balaban J connectivity index is 1.88. The van der Waals surface area contributed by atoms with Gasteiger partial charge in [-0.3, -0.25) is 14.9 Å². The number of aromatic nitrogens is 2. The summed E-state index contributed by atoms with van der Waals surface area (Å²) in [5.41, 5.74) is 1.89. The topological polar surface area (TPSA) is 101 Å². The smallest absolute Gasteiger partial charge is 0.292 e. The Morgan fingerprint density at radius 2 is 2.04 bits per heavy atom. The third kappa shape index (κ3) is 3.51. The van der Waals surface area contributed by atoms with Gasteiger partial charge in [-0.05, 0) is 31.2 Å². The monoisotopic (exact) mass is 356 g/mol. The van der Waals surface area contributed by atoms with Crippen molar-refractivity contribution in [3.8, 4) is 0 Å². The van der Waals surface area contributed by atoms with Crippen molar-refractivity contribution in [3.63, 3.8) is 0 Å². The van der Waals surface area contributed by atoms with Gasteiger partial charge < -0.3 is 10.3 Å². The predicted molar refractivity (Wildman–Crippen MR) is 94.6 cm³/mol. The van der Waals surface area contributed by atoms with Crippen molar-refractivity contribution >= 4 is 34.4 Å². The third-order valence-electron chi connectivity index (χ3n) is 3.51. The van der Waals surface area contributed by atoms with Gasteiger partial charge >= 0.3 is 0 Å². The lowest BCUT2D eigenvalue weighted by atomic mass is 10.1. The lowest BCUT2D eigenvalue weighted by Gasteiger charge is -2.09. The maximum Gasteiger partial charge on any atom is 0.292 e. The summed E-state index contributed by atoms with van der Waals surface area (Å²) in [5, 5.41) is 14.2. The second kappa shape index (κ2) is 6.74. The van der Waals surface area contributed by atoms with Gasteiger partial charge in [0.2, 0.25) is 5.78 Å². The molecule has 8 heteroatoms. The molecule has 0 saturated carbocycles. The van der Waals surface area contributed by atoms with Crippen LogP contribution in [-0.4, -0.2) is 20.7 Å². The van der Waals surface area contributed by atoms with Crippen LogP contribution in [0, 0.1) is 17.0 Å². The second-order valence-corrected chi connectivity index (χ2v) is 5.75. The van der Waals surface area contributed by atoms with Gasteiger partial charge in [-0.15, -0.1) is 0 Å². The summed E-state index contributed by atoms with van der Waals surface area (Å²) in [6.45, 7) is 1.80. The Morgan fingerprint density at radius 1 is 1.28 bits per heavy atom. The van der Waals surface area contributed by atoms with Crippen LogP contribution < -0.4 is 5.32 Å². The molecule has 1 aromatic heterocycles. The molecule has 0 spiro atoms. The first-order chi connectivity index (χ1) is 12.0. The van der Waals surface area contributed by atoms with Gasteiger partial charge in [0.15, 0.2) is 5.82 Å². The minimum absolute atomic E-state index is 0.0511. The molecule has 0 bridgehead atoms. The molecular formula is C17H13ClN4O3. The molecule has 3 rings (SSSR count). The number of halogens is 1. The van der Waals surface area contributed by atoms with Crippen molar-refractivity contribution in [2.24, 2.45) is 0 Å². The van der Waals surface area contributed by atoms with Crippen molar-refractivity contribution in [3.05, 3.63) is 80.9 Å². The zero-order chi connectivity index (χ0) is 18.0. The molecule has 25 heavy (non-hydrogen) atoms. The zero-order valence-corrected chi connectivity index (χ0v) is 13.9. The van der Waals surface area contributed by atoms with Crippen molar-refractivity contribution in [2.45, 2.75) is 6.92 Å². The quantitative estimate of drug-likeness (QED) is 0.404. The van der Waals surface area contributed by atoms with Crippen LogP contribution in [0.5, 0.6) is 0 Å². The SMILES string of the molecule is Cc1cnc(C(=O)c2ccc(Nc3ccccc3[N+](=O)[O-])cc2Cl)[nH]1. The lowest BCUT2D eigenvalue weighted by Crippen LogP contribution is -2.05. The molecular weight excluding hydrogens is 344 g/mol. The fourth-order valence-electron chi connectivity index (χ4n) is 2.33. The highest BCUT2D eigenvalue weighted by molar-refractivity contribution is 6.35. The van der Waals surface area contributed by atoms with E-state index in [0.29, 0.717) is 16.9 Å². The van der Waals surface area contributed by atoms with E-state index in [-0.39, 0.29) is 22.3 Å². The van der Waals surface area contributed by atoms with Gasteiger partial charge in [-0.1, -0.05) is 23.7 Å². The van der Waals surface area contributed by atoms with E-state index in [4.69, 9.17) is 11.6 Å². The summed E-state index contributed by atoms with van der Waals surface area (Å²) >= 11 is 6.21. The van der Waals surface area contributed by atoms with Gasteiger partial charge in [0.25, 0.3) is 5.69 Å². The number of hydrogen-bond acceptors (Lipinski definition) is 5. The van der Waals surface area contributed by atoms with Crippen molar-refractivity contribution in [2.75, 3.05) is 5.32 Å². The number of imidazole rings is 1. The Bertz CT molecular complexity index is 968. The highest BCUT2D eigenvalue weighted by atomic mass is 35.5. The summed E-state index contributed by atoms with van der Waals surface area (Å²) in [5.74, 6) is -0.117. The number of anilines is 2. The van der Waals surface area contributed by atoms with Gasteiger partial charge in [-0.25, -0.2) is 4.98 Å². The van der Waals surface area contributed by atoms with Gasteiger partial charge in [0, 0.05) is 29.2 Å². The molecule has 0 atom stereocenters. The number of ketones is 1. The minimum atomic E-state index is -0.471. The number of carbonyl (C=O) groups is 1. The molecule has 0 aliphatic carbocycles. The molecule has 2 aromatic carbocycles. The molecule has 7 nitrogen and oxygen atoms in total. The molecule has 0 amide bonds. The van der Waals surface area contributed by atoms with E-state index in [1.807, 2.05) is 0 Å². The maximum absolute atomic E-state index is 12.4. The zero-order valence-electron chi connectivity index (χ0n) is 13.1. The summed E-state index contributed by atoms with van der Waals surface area (Å²) < 4.78 is 0. The van der Waals surface area contributed by atoms with Gasteiger partial charge in [-0.2, -0.15) is 0 Å². The highest BCUT2D eigenvalue weighted by Gasteiger charge is 2.17. The average molecular weight is 357 g/mol. The summed E-state index contributed by atoms with van der Waals surface area (Å²) in [6, 6.07) is 11.0. The molecule has 0 fully saturated rings. The summed E-state index contributed by atoms with van der Waals surface area (Å²) in [6.07, 6.45) is 1.56. The van der Waals surface area contributed by atoms with Crippen molar-refractivity contribution in [1.29, 1.82) is 0 Å². The first-order valence-corrected chi connectivity index (χ1v) is 7.70. The number of para-hydroxylation sites is 2. The van der Waals surface area contributed by atoms with Crippen LogP contribution in [0.3, 0.4) is 0 Å². The Morgan fingerprint density at radius 3 is 2.68 bits per heavy atom. The molecule has 126 valence electrons. The third-order valence-corrected chi connectivity index (χ3v) is 3.82. The van der Waals surface area contributed by atoms with Crippen molar-refractivity contribution < 1.29 is 9.72 Å². The number of benzene rings is 2. The van der Waals surface area contributed by atoms with Gasteiger partial charge in [0.05, 0.1) is 9.95 Å². The van der Waals surface area contributed by atoms with Crippen LogP contribution >= 0.6 is 11.6 Å². The largest absolute Gasteiger partial charge is 0.350 e. The number of rotatable bonds is 5. The van der Waals surface area contributed by atoms with Crippen LogP contribution in [0.2, 0.25) is 5.02 Å². The molecule has 0 unspecified atom stereocenters. The fourth-order valence-corrected chi connectivity index (χ4v) is 2.59. The van der Waals surface area contributed by atoms with Gasteiger partial charge in [0.1, 0.15) is 5.69 Å². The normalized spacial score (nSPS) is 10.5. The molecule has 0 radical (unpaired) electrons. The van der Waals surface area contributed by atoms with Crippen LogP contribution in [0.25, 0.3) is 0 Å². The molecule has 0 aliphatic heterocycles.